The van der Waals surface area contributed by atoms with E-state index < -0.39 is 11.9 Å². The molecule has 0 saturated carbocycles. The molecular weight excluding hydrogens is 323 g/mol. The van der Waals surface area contributed by atoms with Crippen LogP contribution in [0.1, 0.15) is 16.1 Å². The van der Waals surface area contributed by atoms with Crippen LogP contribution in [0, 0.1) is 0 Å². The lowest BCUT2D eigenvalue weighted by Crippen LogP contribution is -2.49. The normalized spacial score (nSPS) is 15.5. The predicted octanol–water partition coefficient (Wildman–Crippen LogP) is 1.85. The van der Waals surface area contributed by atoms with E-state index in [0.29, 0.717) is 26.2 Å². The number of rotatable bonds is 2. The van der Waals surface area contributed by atoms with Crippen LogP contribution in [0.15, 0.2) is 36.9 Å². The fourth-order valence-electron chi connectivity index (χ4n) is 2.46. The summed E-state index contributed by atoms with van der Waals surface area (Å²) in [5.74, 6) is 0.413. The molecule has 0 atom stereocenters. The summed E-state index contributed by atoms with van der Waals surface area (Å²) in [6, 6.07) is 1.98. The fraction of sp³-hybridized carbons (Fsp3) is 0.333. The summed E-state index contributed by atoms with van der Waals surface area (Å²) in [6.07, 6.45) is 1.29. The highest BCUT2D eigenvalue weighted by atomic mass is 19.4. The monoisotopic (exact) mass is 337 g/mol. The quantitative estimate of drug-likeness (QED) is 0.837. The van der Waals surface area contributed by atoms with Gasteiger partial charge in [-0.25, -0.2) is 4.98 Å². The second-order valence-corrected chi connectivity index (χ2v) is 5.27. The highest BCUT2D eigenvalue weighted by Crippen LogP contribution is 2.27. The van der Waals surface area contributed by atoms with E-state index in [1.165, 1.54) is 0 Å². The van der Waals surface area contributed by atoms with Gasteiger partial charge in [0.2, 0.25) is 0 Å². The van der Waals surface area contributed by atoms with E-state index in [1.54, 1.807) is 23.5 Å². The summed E-state index contributed by atoms with van der Waals surface area (Å²) in [5, 5.41) is 0. The standard InChI is InChI=1S/C15H14F3N5O/c16-15(17,18)12-2-1-11(9-21-12)14(24)23-7-5-22(6-8-23)13-10-19-3-4-20-13/h1-4,9-10H,5-8H2. The van der Waals surface area contributed by atoms with E-state index in [-0.39, 0.29) is 11.5 Å². The number of amides is 1. The van der Waals surface area contributed by atoms with Crippen LogP contribution in [0.4, 0.5) is 19.0 Å². The Morgan fingerprint density at radius 3 is 2.29 bits per heavy atom. The van der Waals surface area contributed by atoms with Crippen LogP contribution >= 0.6 is 0 Å². The van der Waals surface area contributed by atoms with Crippen molar-refractivity contribution in [2.75, 3.05) is 31.1 Å². The Kier molecular flexibility index (Phi) is 4.32. The lowest BCUT2D eigenvalue weighted by molar-refractivity contribution is -0.141. The van der Waals surface area contributed by atoms with Crippen molar-refractivity contribution >= 4 is 11.7 Å². The Labute approximate surface area is 136 Å². The highest BCUT2D eigenvalue weighted by molar-refractivity contribution is 5.94. The molecule has 1 aliphatic heterocycles. The molecule has 24 heavy (non-hydrogen) atoms. The zero-order valence-electron chi connectivity index (χ0n) is 12.6. The molecule has 126 valence electrons. The van der Waals surface area contributed by atoms with Crippen LogP contribution in [0.5, 0.6) is 0 Å². The first-order chi connectivity index (χ1) is 11.4. The van der Waals surface area contributed by atoms with Gasteiger partial charge < -0.3 is 9.80 Å². The van der Waals surface area contributed by atoms with Crippen molar-refractivity contribution in [1.29, 1.82) is 0 Å². The molecule has 0 radical (unpaired) electrons. The van der Waals surface area contributed by atoms with Crippen molar-refractivity contribution in [2.24, 2.45) is 0 Å². The number of nitrogens with zero attached hydrogens (tertiary/aromatic N) is 5. The number of piperazine rings is 1. The molecule has 0 N–H and O–H groups in total. The third-order valence-electron chi connectivity index (χ3n) is 3.74. The smallest absolute Gasteiger partial charge is 0.352 e. The van der Waals surface area contributed by atoms with Gasteiger partial charge in [0.15, 0.2) is 0 Å². The van der Waals surface area contributed by atoms with Crippen LogP contribution in [-0.4, -0.2) is 51.9 Å². The highest BCUT2D eigenvalue weighted by Gasteiger charge is 2.32. The SMILES string of the molecule is O=C(c1ccc(C(F)(F)F)nc1)N1CCN(c2cnccn2)CC1. The van der Waals surface area contributed by atoms with Crippen molar-refractivity contribution < 1.29 is 18.0 Å². The van der Waals surface area contributed by atoms with Crippen LogP contribution in [0.2, 0.25) is 0 Å². The molecule has 0 unspecified atom stereocenters. The second-order valence-electron chi connectivity index (χ2n) is 5.27. The van der Waals surface area contributed by atoms with Gasteiger partial charge in [0.1, 0.15) is 11.5 Å². The molecule has 2 aromatic heterocycles. The zero-order chi connectivity index (χ0) is 17.2. The van der Waals surface area contributed by atoms with Crippen LogP contribution in [0.25, 0.3) is 0 Å². The first-order valence-electron chi connectivity index (χ1n) is 7.28. The average molecular weight is 337 g/mol. The Balaban J connectivity index is 1.63. The molecule has 1 aliphatic rings. The lowest BCUT2D eigenvalue weighted by Gasteiger charge is -2.35. The molecule has 9 heteroatoms. The van der Waals surface area contributed by atoms with E-state index in [1.807, 2.05) is 4.90 Å². The first kappa shape index (κ1) is 16.2. The fourth-order valence-corrected chi connectivity index (χ4v) is 2.46. The van der Waals surface area contributed by atoms with Crippen molar-refractivity contribution in [3.05, 3.63) is 48.2 Å². The van der Waals surface area contributed by atoms with Crippen molar-refractivity contribution in [2.45, 2.75) is 6.18 Å². The minimum atomic E-state index is -4.51. The molecule has 6 nitrogen and oxygen atoms in total. The van der Waals surface area contributed by atoms with Gasteiger partial charge in [0.05, 0.1) is 11.8 Å². The maximum Gasteiger partial charge on any atom is 0.433 e. The number of alkyl halides is 3. The Morgan fingerprint density at radius 2 is 1.75 bits per heavy atom. The zero-order valence-corrected chi connectivity index (χ0v) is 12.6. The van der Waals surface area contributed by atoms with Gasteiger partial charge in [0, 0.05) is 44.8 Å². The average Bonchev–Trinajstić information content (AvgIpc) is 2.61. The maximum atomic E-state index is 12.5. The van der Waals surface area contributed by atoms with Crippen molar-refractivity contribution in [1.82, 2.24) is 19.9 Å². The molecule has 3 rings (SSSR count). The molecule has 1 saturated heterocycles. The molecule has 1 amide bonds. The number of halogens is 3. The van der Waals surface area contributed by atoms with Crippen LogP contribution in [-0.2, 0) is 6.18 Å². The molecule has 0 spiro atoms. The van der Waals surface area contributed by atoms with Gasteiger partial charge in [-0.15, -0.1) is 0 Å². The maximum absolute atomic E-state index is 12.5. The van der Waals surface area contributed by atoms with Crippen LogP contribution in [0.3, 0.4) is 0 Å². The molecular formula is C15H14F3N5O. The first-order valence-corrected chi connectivity index (χ1v) is 7.28. The minimum absolute atomic E-state index is 0.149. The Hall–Kier alpha value is -2.71. The van der Waals surface area contributed by atoms with Gasteiger partial charge in [0.25, 0.3) is 5.91 Å². The largest absolute Gasteiger partial charge is 0.433 e. The number of hydrogen-bond donors (Lipinski definition) is 0. The topological polar surface area (TPSA) is 62.2 Å². The van der Waals surface area contributed by atoms with E-state index in [4.69, 9.17) is 0 Å². The Bertz CT molecular complexity index is 697. The Morgan fingerprint density at radius 1 is 1.00 bits per heavy atom. The molecule has 3 heterocycles. The van der Waals surface area contributed by atoms with Gasteiger partial charge >= 0.3 is 6.18 Å². The third-order valence-corrected chi connectivity index (χ3v) is 3.74. The number of anilines is 1. The van der Waals surface area contributed by atoms with E-state index in [2.05, 4.69) is 15.0 Å². The van der Waals surface area contributed by atoms with E-state index in [0.717, 1.165) is 24.1 Å². The van der Waals surface area contributed by atoms with Gasteiger partial charge in [-0.3, -0.25) is 14.8 Å². The number of hydrogen-bond acceptors (Lipinski definition) is 5. The van der Waals surface area contributed by atoms with Gasteiger partial charge in [-0.2, -0.15) is 13.2 Å². The van der Waals surface area contributed by atoms with Crippen molar-refractivity contribution in [3.8, 4) is 0 Å². The van der Waals surface area contributed by atoms with Crippen LogP contribution < -0.4 is 4.90 Å². The summed E-state index contributed by atoms with van der Waals surface area (Å²) < 4.78 is 37.5. The summed E-state index contributed by atoms with van der Waals surface area (Å²) in [7, 11) is 0. The minimum Gasteiger partial charge on any atom is -0.352 e. The van der Waals surface area contributed by atoms with E-state index >= 15 is 0 Å². The molecule has 0 aromatic carbocycles. The van der Waals surface area contributed by atoms with Crippen molar-refractivity contribution in [3.63, 3.8) is 0 Å². The molecule has 1 fully saturated rings. The number of aromatic nitrogens is 3. The second kappa shape index (κ2) is 6.42. The summed E-state index contributed by atoms with van der Waals surface area (Å²) in [5.41, 5.74) is -0.859. The number of carbonyl (C=O) groups is 1. The molecule has 2 aromatic rings. The number of pyridine rings is 1. The molecule has 0 aliphatic carbocycles. The van der Waals surface area contributed by atoms with E-state index in [9.17, 15) is 18.0 Å². The summed E-state index contributed by atoms with van der Waals surface area (Å²) >= 11 is 0. The molecule has 0 bridgehead atoms. The van der Waals surface area contributed by atoms with Gasteiger partial charge in [-0.1, -0.05) is 0 Å². The van der Waals surface area contributed by atoms with Gasteiger partial charge in [-0.05, 0) is 12.1 Å². The number of carbonyl (C=O) groups excluding carboxylic acids is 1. The lowest BCUT2D eigenvalue weighted by atomic mass is 10.2. The predicted molar refractivity (Wildman–Crippen MR) is 79.4 cm³/mol. The third kappa shape index (κ3) is 3.44. The summed E-state index contributed by atoms with van der Waals surface area (Å²) in [4.78, 5) is 27.5. The summed E-state index contributed by atoms with van der Waals surface area (Å²) in [6.45, 7) is 2.07.